The van der Waals surface area contributed by atoms with Crippen LogP contribution in [0, 0.1) is 6.92 Å². The molecule has 0 aliphatic heterocycles. The number of amides is 1. The highest BCUT2D eigenvalue weighted by atomic mass is 19.4. The van der Waals surface area contributed by atoms with Gasteiger partial charge in [0, 0.05) is 31.4 Å². The Balaban J connectivity index is 2.65. The standard InChI is InChI=1S/C12H18F3N3O/c1-4-17(8-12(13,14)15)11(19)7-9(2)18-6-5-16-10(18)3/h5-6,9H,4,7-8H2,1-3H3. The van der Waals surface area contributed by atoms with E-state index in [-0.39, 0.29) is 19.0 Å². The lowest BCUT2D eigenvalue weighted by Gasteiger charge is -2.24. The Morgan fingerprint density at radius 3 is 2.58 bits per heavy atom. The summed E-state index contributed by atoms with van der Waals surface area (Å²) in [5.74, 6) is 0.236. The molecule has 4 nitrogen and oxygen atoms in total. The summed E-state index contributed by atoms with van der Waals surface area (Å²) in [6, 6.07) is -0.211. The predicted octanol–water partition coefficient (Wildman–Crippen LogP) is 2.55. The van der Waals surface area contributed by atoms with Gasteiger partial charge in [0.05, 0.1) is 0 Å². The molecule has 0 fully saturated rings. The molecule has 0 spiro atoms. The maximum atomic E-state index is 12.3. The van der Waals surface area contributed by atoms with Crippen molar-refractivity contribution in [2.75, 3.05) is 13.1 Å². The molecular formula is C12H18F3N3O. The molecule has 0 saturated heterocycles. The molecule has 1 heterocycles. The van der Waals surface area contributed by atoms with Gasteiger partial charge in [-0.1, -0.05) is 0 Å². The van der Waals surface area contributed by atoms with E-state index in [1.807, 2.05) is 0 Å². The number of rotatable bonds is 5. The largest absolute Gasteiger partial charge is 0.406 e. The number of halogens is 3. The van der Waals surface area contributed by atoms with Gasteiger partial charge >= 0.3 is 6.18 Å². The van der Waals surface area contributed by atoms with Crippen molar-refractivity contribution in [2.24, 2.45) is 0 Å². The van der Waals surface area contributed by atoms with Gasteiger partial charge in [0.25, 0.3) is 0 Å². The first-order chi connectivity index (χ1) is 8.74. The molecule has 7 heteroatoms. The van der Waals surface area contributed by atoms with Crippen LogP contribution in [0.5, 0.6) is 0 Å². The zero-order chi connectivity index (χ0) is 14.6. The normalized spacial score (nSPS) is 13.4. The number of carbonyl (C=O) groups is 1. The molecule has 1 aromatic heterocycles. The third-order valence-corrected chi connectivity index (χ3v) is 2.91. The Kier molecular flexibility index (Phi) is 4.97. The van der Waals surface area contributed by atoms with E-state index in [0.29, 0.717) is 0 Å². The first-order valence-electron chi connectivity index (χ1n) is 6.08. The summed E-state index contributed by atoms with van der Waals surface area (Å²) in [5.41, 5.74) is 0. The third kappa shape index (κ3) is 4.57. The second-order valence-electron chi connectivity index (χ2n) is 4.46. The summed E-state index contributed by atoms with van der Waals surface area (Å²) in [6.45, 7) is 3.96. The van der Waals surface area contributed by atoms with E-state index in [1.54, 1.807) is 30.8 Å². The van der Waals surface area contributed by atoms with Crippen molar-refractivity contribution >= 4 is 5.91 Å². The first kappa shape index (κ1) is 15.5. The number of carbonyl (C=O) groups excluding carboxylic acids is 1. The molecule has 0 radical (unpaired) electrons. The van der Waals surface area contributed by atoms with Crippen LogP contribution in [-0.2, 0) is 4.79 Å². The molecule has 1 aromatic rings. The van der Waals surface area contributed by atoms with Gasteiger partial charge in [-0.15, -0.1) is 0 Å². The summed E-state index contributed by atoms with van der Waals surface area (Å²) in [6.07, 6.45) is -1.02. The molecule has 1 amide bonds. The molecule has 0 aliphatic carbocycles. The number of imidazole rings is 1. The van der Waals surface area contributed by atoms with Crippen molar-refractivity contribution < 1.29 is 18.0 Å². The van der Waals surface area contributed by atoms with E-state index < -0.39 is 18.6 Å². The molecular weight excluding hydrogens is 259 g/mol. The van der Waals surface area contributed by atoms with E-state index in [2.05, 4.69) is 4.98 Å². The first-order valence-corrected chi connectivity index (χ1v) is 6.08. The highest BCUT2D eigenvalue weighted by molar-refractivity contribution is 5.76. The van der Waals surface area contributed by atoms with Crippen LogP contribution < -0.4 is 0 Å². The van der Waals surface area contributed by atoms with Crippen molar-refractivity contribution in [3.8, 4) is 0 Å². The minimum absolute atomic E-state index is 0.0289. The smallest absolute Gasteiger partial charge is 0.334 e. The average Bonchev–Trinajstić information content (AvgIpc) is 2.70. The molecule has 0 N–H and O–H groups in total. The number of nitrogens with zero attached hydrogens (tertiary/aromatic N) is 3. The van der Waals surface area contributed by atoms with Crippen LogP contribution in [0.25, 0.3) is 0 Å². The highest BCUT2D eigenvalue weighted by Crippen LogP contribution is 2.19. The maximum Gasteiger partial charge on any atom is 0.406 e. The van der Waals surface area contributed by atoms with Gasteiger partial charge in [0.1, 0.15) is 12.4 Å². The average molecular weight is 277 g/mol. The number of alkyl halides is 3. The minimum atomic E-state index is -4.36. The second kappa shape index (κ2) is 6.08. The van der Waals surface area contributed by atoms with Gasteiger partial charge in [0.2, 0.25) is 5.91 Å². The molecule has 108 valence electrons. The van der Waals surface area contributed by atoms with Gasteiger partial charge in [-0.3, -0.25) is 4.79 Å². The second-order valence-corrected chi connectivity index (χ2v) is 4.46. The molecule has 0 bridgehead atoms. The Labute approximate surface area is 110 Å². The summed E-state index contributed by atoms with van der Waals surface area (Å²) in [7, 11) is 0. The highest BCUT2D eigenvalue weighted by Gasteiger charge is 2.32. The topological polar surface area (TPSA) is 38.1 Å². The van der Waals surface area contributed by atoms with Crippen molar-refractivity contribution in [3.63, 3.8) is 0 Å². The monoisotopic (exact) mass is 277 g/mol. The molecule has 0 aliphatic rings. The Morgan fingerprint density at radius 2 is 2.16 bits per heavy atom. The van der Waals surface area contributed by atoms with Gasteiger partial charge in [0.15, 0.2) is 0 Å². The SMILES string of the molecule is CCN(CC(F)(F)F)C(=O)CC(C)n1ccnc1C. The zero-order valence-corrected chi connectivity index (χ0v) is 11.2. The summed E-state index contributed by atoms with van der Waals surface area (Å²) in [5, 5.41) is 0. The predicted molar refractivity (Wildman–Crippen MR) is 64.6 cm³/mol. The quantitative estimate of drug-likeness (QED) is 0.829. The van der Waals surface area contributed by atoms with E-state index in [9.17, 15) is 18.0 Å². The third-order valence-electron chi connectivity index (χ3n) is 2.91. The van der Waals surface area contributed by atoms with Crippen LogP contribution in [0.4, 0.5) is 13.2 Å². The fourth-order valence-electron chi connectivity index (χ4n) is 1.93. The molecule has 1 unspecified atom stereocenters. The Morgan fingerprint density at radius 1 is 1.53 bits per heavy atom. The summed E-state index contributed by atoms with van der Waals surface area (Å²) in [4.78, 5) is 16.7. The molecule has 19 heavy (non-hydrogen) atoms. The van der Waals surface area contributed by atoms with Crippen molar-refractivity contribution in [1.82, 2.24) is 14.5 Å². The lowest BCUT2D eigenvalue weighted by atomic mass is 10.2. The van der Waals surface area contributed by atoms with Gasteiger partial charge < -0.3 is 9.47 Å². The van der Waals surface area contributed by atoms with Gasteiger partial charge in [-0.2, -0.15) is 13.2 Å². The van der Waals surface area contributed by atoms with E-state index in [4.69, 9.17) is 0 Å². The van der Waals surface area contributed by atoms with Gasteiger partial charge in [-0.25, -0.2) is 4.98 Å². The van der Waals surface area contributed by atoms with Crippen LogP contribution in [0.15, 0.2) is 12.4 Å². The fraction of sp³-hybridized carbons (Fsp3) is 0.667. The van der Waals surface area contributed by atoms with Crippen LogP contribution >= 0.6 is 0 Å². The van der Waals surface area contributed by atoms with Crippen LogP contribution in [-0.4, -0.2) is 39.6 Å². The van der Waals surface area contributed by atoms with Crippen LogP contribution in [0.3, 0.4) is 0 Å². The summed E-state index contributed by atoms with van der Waals surface area (Å²) < 4.78 is 38.7. The number of hydrogen-bond donors (Lipinski definition) is 0. The van der Waals surface area contributed by atoms with Crippen molar-refractivity contribution in [2.45, 2.75) is 39.4 Å². The van der Waals surface area contributed by atoms with Crippen molar-refractivity contribution in [1.29, 1.82) is 0 Å². The number of hydrogen-bond acceptors (Lipinski definition) is 2. The Hall–Kier alpha value is -1.53. The number of aryl methyl sites for hydroxylation is 1. The van der Waals surface area contributed by atoms with E-state index >= 15 is 0 Å². The maximum absolute atomic E-state index is 12.3. The van der Waals surface area contributed by atoms with Crippen LogP contribution in [0.2, 0.25) is 0 Å². The summed E-state index contributed by atoms with van der Waals surface area (Å²) >= 11 is 0. The molecule has 0 saturated carbocycles. The molecule has 1 atom stereocenters. The molecule has 1 rings (SSSR count). The van der Waals surface area contributed by atoms with E-state index in [0.717, 1.165) is 10.7 Å². The zero-order valence-electron chi connectivity index (χ0n) is 11.2. The lowest BCUT2D eigenvalue weighted by Crippen LogP contribution is -2.39. The minimum Gasteiger partial charge on any atom is -0.334 e. The fourth-order valence-corrected chi connectivity index (χ4v) is 1.93. The van der Waals surface area contributed by atoms with Gasteiger partial charge in [-0.05, 0) is 20.8 Å². The lowest BCUT2D eigenvalue weighted by molar-refractivity contribution is -0.161. The van der Waals surface area contributed by atoms with E-state index in [1.165, 1.54) is 6.92 Å². The van der Waals surface area contributed by atoms with Crippen LogP contribution in [0.1, 0.15) is 32.1 Å². The molecule has 0 aromatic carbocycles. The Bertz CT molecular complexity index is 428. The van der Waals surface area contributed by atoms with Crippen molar-refractivity contribution in [3.05, 3.63) is 18.2 Å². The number of aromatic nitrogens is 2.